The predicted octanol–water partition coefficient (Wildman–Crippen LogP) is 3.54. The molecule has 0 N–H and O–H groups in total. The molecule has 3 nitrogen and oxygen atoms in total. The van der Waals surface area contributed by atoms with Crippen LogP contribution >= 0.6 is 0 Å². The number of ketones is 1. The lowest BCUT2D eigenvalue weighted by Gasteiger charge is -2.48. The summed E-state index contributed by atoms with van der Waals surface area (Å²) >= 11 is 0. The zero-order valence-corrected chi connectivity index (χ0v) is 12.1. The Bertz CT molecular complexity index is 475. The number of rotatable bonds is 2. The van der Waals surface area contributed by atoms with Crippen molar-refractivity contribution in [1.29, 1.82) is 0 Å². The van der Waals surface area contributed by atoms with Gasteiger partial charge in [0, 0.05) is 36.5 Å². The molecule has 3 heterocycles. The summed E-state index contributed by atoms with van der Waals surface area (Å²) < 4.78 is 5.68. The standard InChI is InChI=1S/C16H23NO2/c1-10-7-16(12(3)19-10)11(2)17-13-5-4-6-14(17)9-15(18)8-13/h7,11,13-14H,4-6,8-9H2,1-3H3. The summed E-state index contributed by atoms with van der Waals surface area (Å²) in [6.45, 7) is 6.31. The molecule has 2 aliphatic rings. The predicted molar refractivity (Wildman–Crippen MR) is 74.1 cm³/mol. The molecule has 0 amide bonds. The molecule has 2 aliphatic heterocycles. The zero-order chi connectivity index (χ0) is 13.6. The van der Waals surface area contributed by atoms with Gasteiger partial charge < -0.3 is 4.42 Å². The van der Waals surface area contributed by atoms with Crippen molar-refractivity contribution < 1.29 is 9.21 Å². The van der Waals surface area contributed by atoms with Gasteiger partial charge in [-0.05, 0) is 39.7 Å². The maximum absolute atomic E-state index is 11.8. The largest absolute Gasteiger partial charge is 0.466 e. The molecule has 2 saturated heterocycles. The first-order valence-corrected chi connectivity index (χ1v) is 7.42. The maximum atomic E-state index is 11.8. The van der Waals surface area contributed by atoms with E-state index < -0.39 is 0 Å². The van der Waals surface area contributed by atoms with Gasteiger partial charge in [0.15, 0.2) is 0 Å². The first-order valence-electron chi connectivity index (χ1n) is 7.42. The third kappa shape index (κ3) is 2.25. The van der Waals surface area contributed by atoms with Crippen molar-refractivity contribution >= 4 is 5.78 Å². The monoisotopic (exact) mass is 261 g/mol. The van der Waals surface area contributed by atoms with Gasteiger partial charge in [-0.15, -0.1) is 0 Å². The number of carbonyl (C=O) groups is 1. The fraction of sp³-hybridized carbons (Fsp3) is 0.688. The summed E-state index contributed by atoms with van der Waals surface area (Å²) in [7, 11) is 0. The van der Waals surface area contributed by atoms with Gasteiger partial charge in [0.2, 0.25) is 0 Å². The number of carbonyl (C=O) groups excluding carboxylic acids is 1. The fourth-order valence-corrected chi connectivity index (χ4v) is 4.07. The lowest BCUT2D eigenvalue weighted by molar-refractivity contribution is -0.128. The number of furan rings is 1. The Hall–Kier alpha value is -1.09. The number of aryl methyl sites for hydroxylation is 2. The van der Waals surface area contributed by atoms with E-state index in [0.717, 1.165) is 24.4 Å². The van der Waals surface area contributed by atoms with E-state index >= 15 is 0 Å². The quantitative estimate of drug-likeness (QED) is 0.816. The van der Waals surface area contributed by atoms with Crippen LogP contribution in [-0.4, -0.2) is 22.8 Å². The van der Waals surface area contributed by atoms with Crippen molar-refractivity contribution in [3.63, 3.8) is 0 Å². The second-order valence-electron chi connectivity index (χ2n) is 6.18. The minimum atomic E-state index is 0.362. The number of piperidine rings is 2. The molecule has 0 aromatic carbocycles. The molecule has 2 bridgehead atoms. The van der Waals surface area contributed by atoms with E-state index in [1.807, 2.05) is 13.8 Å². The highest BCUT2D eigenvalue weighted by Gasteiger charge is 2.40. The van der Waals surface area contributed by atoms with Crippen molar-refractivity contribution in [1.82, 2.24) is 4.90 Å². The molecule has 3 rings (SSSR count). The number of fused-ring (bicyclic) bond motifs is 2. The Morgan fingerprint density at radius 3 is 2.42 bits per heavy atom. The van der Waals surface area contributed by atoms with Crippen molar-refractivity contribution in [2.45, 2.75) is 71.0 Å². The third-order valence-electron chi connectivity index (χ3n) is 4.82. The summed E-state index contributed by atoms with van der Waals surface area (Å²) in [6.07, 6.45) is 5.10. The molecular weight excluding hydrogens is 238 g/mol. The topological polar surface area (TPSA) is 33.5 Å². The average molecular weight is 261 g/mol. The molecular formula is C16H23NO2. The first-order chi connectivity index (χ1) is 9.06. The molecule has 19 heavy (non-hydrogen) atoms. The van der Waals surface area contributed by atoms with Crippen LogP contribution in [0.1, 0.15) is 62.2 Å². The number of hydrogen-bond donors (Lipinski definition) is 0. The summed E-state index contributed by atoms with van der Waals surface area (Å²) in [5, 5.41) is 0. The third-order valence-corrected chi connectivity index (χ3v) is 4.82. The second kappa shape index (κ2) is 4.78. The molecule has 1 aromatic rings. The lowest BCUT2D eigenvalue weighted by Crippen LogP contribution is -2.53. The molecule has 3 heteroatoms. The van der Waals surface area contributed by atoms with Crippen LogP contribution in [0.2, 0.25) is 0 Å². The van der Waals surface area contributed by atoms with Crippen LogP contribution in [-0.2, 0) is 4.79 Å². The highest BCUT2D eigenvalue weighted by atomic mass is 16.3. The van der Waals surface area contributed by atoms with Crippen molar-refractivity contribution in [3.05, 3.63) is 23.2 Å². The van der Waals surface area contributed by atoms with Gasteiger partial charge in [-0.25, -0.2) is 0 Å². The summed E-state index contributed by atoms with van der Waals surface area (Å²) in [6, 6.07) is 3.42. The number of nitrogens with zero attached hydrogens (tertiary/aromatic N) is 1. The van der Waals surface area contributed by atoms with Gasteiger partial charge >= 0.3 is 0 Å². The van der Waals surface area contributed by atoms with E-state index in [1.165, 1.54) is 24.8 Å². The van der Waals surface area contributed by atoms with Crippen LogP contribution < -0.4 is 0 Å². The Morgan fingerprint density at radius 1 is 1.26 bits per heavy atom. The molecule has 2 fully saturated rings. The van der Waals surface area contributed by atoms with Crippen LogP contribution in [0.15, 0.2) is 10.5 Å². The normalized spacial score (nSPS) is 29.5. The van der Waals surface area contributed by atoms with E-state index in [0.29, 0.717) is 23.9 Å². The molecule has 3 unspecified atom stereocenters. The molecule has 0 spiro atoms. The van der Waals surface area contributed by atoms with Gasteiger partial charge in [0.25, 0.3) is 0 Å². The van der Waals surface area contributed by atoms with Crippen molar-refractivity contribution in [3.8, 4) is 0 Å². The average Bonchev–Trinajstić information content (AvgIpc) is 2.66. The Labute approximate surface area is 115 Å². The Morgan fingerprint density at radius 2 is 1.89 bits per heavy atom. The molecule has 104 valence electrons. The van der Waals surface area contributed by atoms with Gasteiger partial charge in [0.1, 0.15) is 17.3 Å². The van der Waals surface area contributed by atoms with Gasteiger partial charge in [-0.1, -0.05) is 6.42 Å². The van der Waals surface area contributed by atoms with E-state index in [2.05, 4.69) is 17.9 Å². The molecule has 3 atom stereocenters. The SMILES string of the molecule is Cc1cc(C(C)N2C3CCCC2CC(=O)C3)c(C)o1. The molecule has 0 saturated carbocycles. The van der Waals surface area contributed by atoms with E-state index in [9.17, 15) is 4.79 Å². The van der Waals surface area contributed by atoms with Crippen LogP contribution in [0.4, 0.5) is 0 Å². The van der Waals surface area contributed by atoms with E-state index in [1.54, 1.807) is 0 Å². The Balaban J connectivity index is 1.88. The van der Waals surface area contributed by atoms with Gasteiger partial charge in [-0.2, -0.15) is 0 Å². The Kier molecular flexibility index (Phi) is 3.25. The van der Waals surface area contributed by atoms with Crippen molar-refractivity contribution in [2.75, 3.05) is 0 Å². The number of hydrogen-bond acceptors (Lipinski definition) is 3. The van der Waals surface area contributed by atoms with Crippen LogP contribution in [0.25, 0.3) is 0 Å². The van der Waals surface area contributed by atoms with E-state index in [4.69, 9.17) is 4.42 Å². The molecule has 0 aliphatic carbocycles. The summed E-state index contributed by atoms with van der Waals surface area (Å²) in [5.41, 5.74) is 1.30. The smallest absolute Gasteiger partial charge is 0.136 e. The molecule has 0 radical (unpaired) electrons. The maximum Gasteiger partial charge on any atom is 0.136 e. The fourth-order valence-electron chi connectivity index (χ4n) is 4.07. The minimum absolute atomic E-state index is 0.362. The highest BCUT2D eigenvalue weighted by molar-refractivity contribution is 5.80. The summed E-state index contributed by atoms with van der Waals surface area (Å²) in [4.78, 5) is 14.4. The minimum Gasteiger partial charge on any atom is -0.466 e. The summed E-state index contributed by atoms with van der Waals surface area (Å²) in [5.74, 6) is 2.47. The van der Waals surface area contributed by atoms with Crippen LogP contribution in [0.5, 0.6) is 0 Å². The molecule has 1 aromatic heterocycles. The highest BCUT2D eigenvalue weighted by Crippen LogP contribution is 2.39. The van der Waals surface area contributed by atoms with Crippen LogP contribution in [0.3, 0.4) is 0 Å². The van der Waals surface area contributed by atoms with Gasteiger partial charge in [0.05, 0.1) is 0 Å². The lowest BCUT2D eigenvalue weighted by atomic mass is 9.82. The zero-order valence-electron chi connectivity index (χ0n) is 12.1. The number of Topliss-reactive ketones (excluding diaryl/α,β-unsaturated/α-hetero) is 1. The van der Waals surface area contributed by atoms with Gasteiger partial charge in [-0.3, -0.25) is 9.69 Å². The van der Waals surface area contributed by atoms with E-state index in [-0.39, 0.29) is 0 Å². The van der Waals surface area contributed by atoms with Crippen LogP contribution in [0, 0.1) is 13.8 Å². The van der Waals surface area contributed by atoms with Crippen molar-refractivity contribution in [2.24, 2.45) is 0 Å². The first kappa shape index (κ1) is 12.9. The second-order valence-corrected chi connectivity index (χ2v) is 6.18.